The van der Waals surface area contributed by atoms with Crippen molar-refractivity contribution in [3.05, 3.63) is 59.4 Å². The number of aliphatic hydroxyl groups excluding tert-OH is 1. The summed E-state index contributed by atoms with van der Waals surface area (Å²) in [5.74, 6) is 1.63. The van der Waals surface area contributed by atoms with Crippen molar-refractivity contribution in [2.24, 2.45) is 4.99 Å². The number of hydrogen-bond acceptors (Lipinski definition) is 4. The first kappa shape index (κ1) is 27.0. The fraction of sp³-hybridized carbons (Fsp3) is 0.435. The van der Waals surface area contributed by atoms with E-state index in [1.165, 1.54) is 6.07 Å². The summed E-state index contributed by atoms with van der Waals surface area (Å²) in [4.78, 5) is 4.38. The van der Waals surface area contributed by atoms with Gasteiger partial charge in [-0.15, -0.1) is 24.0 Å². The number of aliphatic hydroxyl groups is 1. The minimum Gasteiger partial charge on any atom is -0.490 e. The van der Waals surface area contributed by atoms with E-state index in [2.05, 4.69) is 15.6 Å². The second kappa shape index (κ2) is 14.9. The van der Waals surface area contributed by atoms with Gasteiger partial charge in [0.25, 0.3) is 0 Å². The van der Waals surface area contributed by atoms with E-state index < -0.39 is 11.9 Å². The highest BCUT2D eigenvalue weighted by molar-refractivity contribution is 14.0. The molecular weight excluding hydrogens is 512 g/mol. The summed E-state index contributed by atoms with van der Waals surface area (Å²) in [6.45, 7) is 8.39. The van der Waals surface area contributed by atoms with Crippen LogP contribution in [0.5, 0.6) is 11.5 Å². The van der Waals surface area contributed by atoms with Crippen LogP contribution in [0.4, 0.5) is 4.39 Å². The van der Waals surface area contributed by atoms with Crippen LogP contribution < -0.4 is 20.1 Å². The summed E-state index contributed by atoms with van der Waals surface area (Å²) < 4.78 is 25.1. The minimum atomic E-state index is -0.999. The zero-order chi connectivity index (χ0) is 21.8. The Bertz CT molecular complexity index is 820. The van der Waals surface area contributed by atoms with Crippen molar-refractivity contribution < 1.29 is 19.0 Å². The second-order valence-electron chi connectivity index (χ2n) is 6.58. The molecule has 31 heavy (non-hydrogen) atoms. The molecule has 0 saturated carbocycles. The van der Waals surface area contributed by atoms with Gasteiger partial charge in [0.1, 0.15) is 11.9 Å². The van der Waals surface area contributed by atoms with Crippen LogP contribution in [0.25, 0.3) is 0 Å². The number of nitrogens with zero attached hydrogens (tertiary/aromatic N) is 1. The highest BCUT2D eigenvalue weighted by Crippen LogP contribution is 2.28. The maximum absolute atomic E-state index is 13.8. The Morgan fingerprint density at radius 1 is 1.03 bits per heavy atom. The molecule has 0 heterocycles. The van der Waals surface area contributed by atoms with Crippen LogP contribution in [0.3, 0.4) is 0 Å². The standard InChI is InChI=1S/C23H32FN3O3.HI/c1-4-25-23(27-16-20(28)18-9-7-8-10-19(18)24)26-14-13-17-11-12-21(29-5-2)22(15-17)30-6-3;/h7-12,15,20,28H,4-6,13-14,16H2,1-3H3,(H2,25,26,27);1H. The molecule has 0 aliphatic rings. The van der Waals surface area contributed by atoms with Gasteiger partial charge in [0.05, 0.1) is 19.8 Å². The number of halogens is 2. The van der Waals surface area contributed by atoms with E-state index in [0.29, 0.717) is 32.3 Å². The molecule has 0 fully saturated rings. The molecule has 3 N–H and O–H groups in total. The third-order valence-electron chi connectivity index (χ3n) is 4.34. The van der Waals surface area contributed by atoms with Crippen molar-refractivity contribution >= 4 is 29.9 Å². The Labute approximate surface area is 201 Å². The number of hydrogen-bond donors (Lipinski definition) is 3. The predicted octanol–water partition coefficient (Wildman–Crippen LogP) is 4.07. The van der Waals surface area contributed by atoms with E-state index in [4.69, 9.17) is 9.47 Å². The maximum atomic E-state index is 13.8. The van der Waals surface area contributed by atoms with Crippen LogP contribution in [0.1, 0.15) is 38.0 Å². The van der Waals surface area contributed by atoms with Crippen molar-refractivity contribution in [2.45, 2.75) is 33.3 Å². The molecule has 2 aromatic rings. The van der Waals surface area contributed by atoms with Gasteiger partial charge < -0.3 is 25.2 Å². The molecule has 0 amide bonds. The third kappa shape index (κ3) is 8.90. The van der Waals surface area contributed by atoms with E-state index in [1.54, 1.807) is 18.2 Å². The predicted molar refractivity (Wildman–Crippen MR) is 133 cm³/mol. The van der Waals surface area contributed by atoms with Crippen molar-refractivity contribution in [2.75, 3.05) is 32.8 Å². The summed E-state index contributed by atoms with van der Waals surface area (Å²) in [5.41, 5.74) is 1.35. The third-order valence-corrected chi connectivity index (χ3v) is 4.34. The van der Waals surface area contributed by atoms with Crippen molar-refractivity contribution in [1.29, 1.82) is 0 Å². The van der Waals surface area contributed by atoms with Crippen LogP contribution in [0.15, 0.2) is 47.5 Å². The van der Waals surface area contributed by atoms with Crippen molar-refractivity contribution in [3.63, 3.8) is 0 Å². The second-order valence-corrected chi connectivity index (χ2v) is 6.58. The Kier molecular flexibility index (Phi) is 12.9. The molecule has 2 rings (SSSR count). The zero-order valence-electron chi connectivity index (χ0n) is 18.4. The first-order chi connectivity index (χ1) is 14.6. The van der Waals surface area contributed by atoms with Gasteiger partial charge in [0, 0.05) is 18.7 Å². The molecule has 172 valence electrons. The summed E-state index contributed by atoms with van der Waals surface area (Å²) in [7, 11) is 0. The van der Waals surface area contributed by atoms with Gasteiger partial charge in [-0.1, -0.05) is 24.3 Å². The average molecular weight is 545 g/mol. The highest BCUT2D eigenvalue weighted by Gasteiger charge is 2.12. The molecule has 6 nitrogen and oxygen atoms in total. The zero-order valence-corrected chi connectivity index (χ0v) is 20.7. The number of rotatable bonds is 11. The largest absolute Gasteiger partial charge is 0.490 e. The molecule has 0 radical (unpaired) electrons. The highest BCUT2D eigenvalue weighted by atomic mass is 127. The molecule has 1 atom stereocenters. The average Bonchev–Trinajstić information content (AvgIpc) is 2.74. The smallest absolute Gasteiger partial charge is 0.191 e. The molecule has 2 aromatic carbocycles. The topological polar surface area (TPSA) is 75.1 Å². The molecule has 0 saturated heterocycles. The van der Waals surface area contributed by atoms with Gasteiger partial charge in [-0.05, 0) is 51.0 Å². The Morgan fingerprint density at radius 3 is 2.42 bits per heavy atom. The lowest BCUT2D eigenvalue weighted by atomic mass is 10.1. The lowest BCUT2D eigenvalue weighted by molar-refractivity contribution is 0.182. The molecule has 0 aliphatic carbocycles. The first-order valence-electron chi connectivity index (χ1n) is 10.4. The van der Waals surface area contributed by atoms with E-state index >= 15 is 0 Å². The molecule has 8 heteroatoms. The summed E-state index contributed by atoms with van der Waals surface area (Å²) >= 11 is 0. The van der Waals surface area contributed by atoms with Gasteiger partial charge in [-0.3, -0.25) is 4.99 Å². The number of aliphatic imine (C=N–C) groups is 1. The Hall–Kier alpha value is -2.07. The van der Waals surface area contributed by atoms with Crippen LogP contribution in [0.2, 0.25) is 0 Å². The Morgan fingerprint density at radius 2 is 1.74 bits per heavy atom. The number of benzene rings is 2. The quantitative estimate of drug-likeness (QED) is 0.226. The fourth-order valence-electron chi connectivity index (χ4n) is 2.94. The summed E-state index contributed by atoms with van der Waals surface area (Å²) in [6, 6.07) is 12.1. The number of ether oxygens (including phenoxy) is 2. The van der Waals surface area contributed by atoms with E-state index in [-0.39, 0.29) is 36.1 Å². The van der Waals surface area contributed by atoms with Crippen LogP contribution in [-0.2, 0) is 6.42 Å². The normalized spacial score (nSPS) is 12.0. The fourth-order valence-corrected chi connectivity index (χ4v) is 2.94. The van der Waals surface area contributed by atoms with E-state index in [0.717, 1.165) is 23.5 Å². The number of guanidine groups is 1. The number of nitrogens with one attached hydrogen (secondary N) is 2. The molecule has 0 aromatic heterocycles. The van der Waals surface area contributed by atoms with Gasteiger partial charge in [-0.2, -0.15) is 0 Å². The first-order valence-corrected chi connectivity index (χ1v) is 10.4. The van der Waals surface area contributed by atoms with Crippen LogP contribution in [0, 0.1) is 5.82 Å². The summed E-state index contributed by atoms with van der Waals surface area (Å²) in [6.07, 6.45) is -0.242. The van der Waals surface area contributed by atoms with Gasteiger partial charge in [-0.25, -0.2) is 4.39 Å². The van der Waals surface area contributed by atoms with Gasteiger partial charge >= 0.3 is 0 Å². The molecule has 0 aliphatic heterocycles. The molecular formula is C23H33FIN3O3. The minimum absolute atomic E-state index is 0. The lowest BCUT2D eigenvalue weighted by Crippen LogP contribution is -2.38. The van der Waals surface area contributed by atoms with Crippen molar-refractivity contribution in [1.82, 2.24) is 10.6 Å². The summed E-state index contributed by atoms with van der Waals surface area (Å²) in [5, 5.41) is 16.6. The molecule has 1 unspecified atom stereocenters. The van der Waals surface area contributed by atoms with E-state index in [9.17, 15) is 9.50 Å². The molecule has 0 bridgehead atoms. The maximum Gasteiger partial charge on any atom is 0.191 e. The van der Waals surface area contributed by atoms with Gasteiger partial charge in [0.2, 0.25) is 0 Å². The van der Waals surface area contributed by atoms with Crippen LogP contribution in [-0.4, -0.2) is 43.9 Å². The lowest BCUT2D eigenvalue weighted by Gasteiger charge is -2.15. The monoisotopic (exact) mass is 545 g/mol. The SMILES string of the molecule is CCNC(=NCC(O)c1ccccc1F)NCCc1ccc(OCC)c(OCC)c1.I. The Balaban J connectivity index is 0.00000480. The molecule has 0 spiro atoms. The van der Waals surface area contributed by atoms with Crippen LogP contribution >= 0.6 is 24.0 Å². The van der Waals surface area contributed by atoms with Gasteiger partial charge in [0.15, 0.2) is 17.5 Å². The van der Waals surface area contributed by atoms with E-state index in [1.807, 2.05) is 39.0 Å². The van der Waals surface area contributed by atoms with Crippen molar-refractivity contribution in [3.8, 4) is 11.5 Å².